The summed E-state index contributed by atoms with van der Waals surface area (Å²) >= 11 is 1.99. The Bertz CT molecular complexity index is 560. The van der Waals surface area contributed by atoms with Crippen molar-refractivity contribution in [3.8, 4) is 5.69 Å². The summed E-state index contributed by atoms with van der Waals surface area (Å²) in [7, 11) is 0. The molecule has 0 bridgehead atoms. The Morgan fingerprint density at radius 1 is 1.19 bits per heavy atom. The average molecular weight is 302 g/mol. The third-order valence-corrected chi connectivity index (χ3v) is 4.91. The predicted octanol–water partition coefficient (Wildman–Crippen LogP) is 4.33. The lowest BCUT2D eigenvalue weighted by Gasteiger charge is -2.13. The van der Waals surface area contributed by atoms with Crippen LogP contribution in [0.25, 0.3) is 5.69 Å². The van der Waals surface area contributed by atoms with Crippen molar-refractivity contribution in [3.63, 3.8) is 0 Å². The third kappa shape index (κ3) is 4.14. The Kier molecular flexibility index (Phi) is 5.95. The number of aryl methyl sites for hydroxylation is 1. The van der Waals surface area contributed by atoms with Crippen LogP contribution in [0.15, 0.2) is 36.4 Å². The number of hydrogen-bond acceptors (Lipinski definition) is 2. The fourth-order valence-electron chi connectivity index (χ4n) is 2.62. The van der Waals surface area contributed by atoms with E-state index < -0.39 is 0 Å². The second-order valence-electron chi connectivity index (χ2n) is 5.51. The normalized spacial score (nSPS) is 12.6. The van der Waals surface area contributed by atoms with Crippen LogP contribution in [-0.4, -0.2) is 22.1 Å². The number of rotatable bonds is 7. The van der Waals surface area contributed by atoms with Gasteiger partial charge in [0.05, 0.1) is 0 Å². The maximum absolute atomic E-state index is 3.63. The Morgan fingerprint density at radius 3 is 2.57 bits per heavy atom. The van der Waals surface area contributed by atoms with Crippen molar-refractivity contribution in [2.45, 2.75) is 40.3 Å². The minimum absolute atomic E-state index is 0.551. The third-order valence-electron chi connectivity index (χ3n) is 3.76. The molecule has 1 aromatic carbocycles. The molecule has 1 N–H and O–H groups in total. The van der Waals surface area contributed by atoms with Crippen LogP contribution in [0.2, 0.25) is 0 Å². The number of para-hydroxylation sites is 1. The molecule has 114 valence electrons. The smallest absolute Gasteiger partial charge is 0.0455 e. The molecule has 1 heterocycles. The van der Waals surface area contributed by atoms with Crippen LogP contribution in [-0.2, 0) is 6.54 Å². The van der Waals surface area contributed by atoms with Gasteiger partial charge in [0, 0.05) is 35.4 Å². The summed E-state index contributed by atoms with van der Waals surface area (Å²) in [6.07, 6.45) is 0. The van der Waals surface area contributed by atoms with E-state index >= 15 is 0 Å². The SMILES string of the molecule is CCSCC(C)NCc1cc(C)n(-c2ccccc2)c1C. The molecule has 1 unspecified atom stereocenters. The molecular formula is C18H26N2S. The molecule has 1 atom stereocenters. The largest absolute Gasteiger partial charge is 0.318 e. The molecule has 0 saturated carbocycles. The van der Waals surface area contributed by atoms with E-state index in [1.165, 1.54) is 34.1 Å². The van der Waals surface area contributed by atoms with Crippen LogP contribution in [0.1, 0.15) is 30.8 Å². The predicted molar refractivity (Wildman–Crippen MR) is 94.5 cm³/mol. The van der Waals surface area contributed by atoms with Gasteiger partial charge in [-0.1, -0.05) is 25.1 Å². The molecule has 0 radical (unpaired) electrons. The van der Waals surface area contributed by atoms with Crippen molar-refractivity contribution >= 4 is 11.8 Å². The number of nitrogens with zero attached hydrogens (tertiary/aromatic N) is 1. The highest BCUT2D eigenvalue weighted by Gasteiger charge is 2.11. The van der Waals surface area contributed by atoms with Gasteiger partial charge < -0.3 is 9.88 Å². The van der Waals surface area contributed by atoms with Crippen molar-refractivity contribution in [3.05, 3.63) is 53.3 Å². The zero-order valence-corrected chi connectivity index (χ0v) is 14.3. The summed E-state index contributed by atoms with van der Waals surface area (Å²) in [5.41, 5.74) is 5.27. The van der Waals surface area contributed by atoms with Crippen LogP contribution in [0.5, 0.6) is 0 Å². The van der Waals surface area contributed by atoms with E-state index in [0.717, 1.165) is 6.54 Å². The first kappa shape index (κ1) is 16.2. The highest BCUT2D eigenvalue weighted by molar-refractivity contribution is 7.99. The molecule has 0 aliphatic heterocycles. The van der Waals surface area contributed by atoms with Crippen LogP contribution in [0, 0.1) is 13.8 Å². The van der Waals surface area contributed by atoms with E-state index in [-0.39, 0.29) is 0 Å². The first-order valence-electron chi connectivity index (χ1n) is 7.67. The second kappa shape index (κ2) is 7.71. The molecule has 0 fully saturated rings. The van der Waals surface area contributed by atoms with Gasteiger partial charge in [0.25, 0.3) is 0 Å². The summed E-state index contributed by atoms with van der Waals surface area (Å²) < 4.78 is 2.34. The second-order valence-corrected chi connectivity index (χ2v) is 6.83. The summed E-state index contributed by atoms with van der Waals surface area (Å²) in [5.74, 6) is 2.36. The van der Waals surface area contributed by atoms with E-state index in [4.69, 9.17) is 0 Å². The van der Waals surface area contributed by atoms with Gasteiger partial charge in [0.1, 0.15) is 0 Å². The summed E-state index contributed by atoms with van der Waals surface area (Å²) in [4.78, 5) is 0. The quantitative estimate of drug-likeness (QED) is 0.820. The van der Waals surface area contributed by atoms with Crippen molar-refractivity contribution < 1.29 is 0 Å². The van der Waals surface area contributed by atoms with Gasteiger partial charge in [0.2, 0.25) is 0 Å². The van der Waals surface area contributed by atoms with Crippen LogP contribution in [0.4, 0.5) is 0 Å². The molecule has 2 nitrogen and oxygen atoms in total. The summed E-state index contributed by atoms with van der Waals surface area (Å²) in [5, 5.41) is 3.63. The average Bonchev–Trinajstić information content (AvgIpc) is 2.78. The van der Waals surface area contributed by atoms with Gasteiger partial charge in [-0.25, -0.2) is 0 Å². The highest BCUT2D eigenvalue weighted by atomic mass is 32.2. The molecule has 3 heteroatoms. The maximum atomic E-state index is 3.63. The lowest BCUT2D eigenvalue weighted by molar-refractivity contribution is 0.594. The van der Waals surface area contributed by atoms with Crippen molar-refractivity contribution in [2.24, 2.45) is 0 Å². The standard InChI is InChI=1S/C18H26N2S/c1-5-21-13-14(2)19-12-17-11-15(3)20(16(17)4)18-9-7-6-8-10-18/h6-11,14,19H,5,12-13H2,1-4H3. The van der Waals surface area contributed by atoms with E-state index in [9.17, 15) is 0 Å². The zero-order valence-electron chi connectivity index (χ0n) is 13.5. The zero-order chi connectivity index (χ0) is 15.2. The van der Waals surface area contributed by atoms with Crippen molar-refractivity contribution in [2.75, 3.05) is 11.5 Å². The number of thioether (sulfide) groups is 1. The first-order chi connectivity index (χ1) is 10.1. The fourth-order valence-corrected chi connectivity index (χ4v) is 3.33. The lowest BCUT2D eigenvalue weighted by Crippen LogP contribution is -2.27. The molecule has 0 aliphatic carbocycles. The molecule has 0 saturated heterocycles. The van der Waals surface area contributed by atoms with E-state index in [0.29, 0.717) is 6.04 Å². The van der Waals surface area contributed by atoms with E-state index in [1.54, 1.807) is 0 Å². The molecule has 0 spiro atoms. The molecule has 0 amide bonds. The first-order valence-corrected chi connectivity index (χ1v) is 8.83. The van der Waals surface area contributed by atoms with Gasteiger partial charge >= 0.3 is 0 Å². The molecule has 2 aromatic rings. The molecular weight excluding hydrogens is 276 g/mol. The van der Waals surface area contributed by atoms with E-state index in [2.05, 4.69) is 74.0 Å². The Hall–Kier alpha value is -1.19. The number of hydrogen-bond donors (Lipinski definition) is 1. The Balaban J connectivity index is 2.09. The Labute approximate surface area is 133 Å². The minimum Gasteiger partial charge on any atom is -0.318 e. The number of aromatic nitrogens is 1. The highest BCUT2D eigenvalue weighted by Crippen LogP contribution is 2.20. The van der Waals surface area contributed by atoms with Crippen LogP contribution < -0.4 is 5.32 Å². The van der Waals surface area contributed by atoms with Crippen molar-refractivity contribution in [1.82, 2.24) is 9.88 Å². The van der Waals surface area contributed by atoms with Crippen LogP contribution in [0.3, 0.4) is 0 Å². The van der Waals surface area contributed by atoms with Gasteiger partial charge in [-0.15, -0.1) is 0 Å². The molecule has 0 aliphatic rings. The van der Waals surface area contributed by atoms with Gasteiger partial charge in [-0.3, -0.25) is 0 Å². The van der Waals surface area contributed by atoms with Gasteiger partial charge in [0.15, 0.2) is 0 Å². The molecule has 1 aromatic heterocycles. The summed E-state index contributed by atoms with van der Waals surface area (Å²) in [6.45, 7) is 9.81. The van der Waals surface area contributed by atoms with Crippen LogP contribution >= 0.6 is 11.8 Å². The maximum Gasteiger partial charge on any atom is 0.0455 e. The summed E-state index contributed by atoms with van der Waals surface area (Å²) in [6, 6.07) is 13.4. The minimum atomic E-state index is 0.551. The topological polar surface area (TPSA) is 17.0 Å². The number of nitrogens with one attached hydrogen (secondary N) is 1. The van der Waals surface area contributed by atoms with Gasteiger partial charge in [-0.05, 0) is 50.3 Å². The fraction of sp³-hybridized carbons (Fsp3) is 0.444. The molecule has 2 rings (SSSR count). The van der Waals surface area contributed by atoms with Crippen molar-refractivity contribution in [1.29, 1.82) is 0 Å². The monoisotopic (exact) mass is 302 g/mol. The number of benzene rings is 1. The molecule has 21 heavy (non-hydrogen) atoms. The van der Waals surface area contributed by atoms with E-state index in [1.807, 2.05) is 11.8 Å². The van der Waals surface area contributed by atoms with Gasteiger partial charge in [-0.2, -0.15) is 11.8 Å². The Morgan fingerprint density at radius 2 is 1.90 bits per heavy atom. The lowest BCUT2D eigenvalue weighted by atomic mass is 10.2.